The van der Waals surface area contributed by atoms with E-state index in [2.05, 4.69) is 12.0 Å². The first-order chi connectivity index (χ1) is 17.2. The molecule has 6 rings (SSSR count). The Morgan fingerprint density at radius 3 is 2.22 bits per heavy atom. The molecule has 36 heavy (non-hydrogen) atoms. The van der Waals surface area contributed by atoms with E-state index >= 15 is 0 Å². The Labute approximate surface area is 216 Å². The predicted molar refractivity (Wildman–Crippen MR) is 138 cm³/mol. The molecule has 0 N–H and O–H groups in total. The van der Waals surface area contributed by atoms with Crippen molar-refractivity contribution in [2.45, 2.75) is 56.5 Å². The van der Waals surface area contributed by atoms with Crippen molar-refractivity contribution in [2.75, 3.05) is 19.1 Å². The van der Waals surface area contributed by atoms with Crippen LogP contribution in [-0.2, 0) is 14.8 Å². The molecule has 0 aliphatic heterocycles. The minimum Gasteiger partial charge on any atom is -0.465 e. The van der Waals surface area contributed by atoms with Gasteiger partial charge in [-0.15, -0.1) is 11.8 Å². The fraction of sp³-hybridized carbons (Fsp3) is 0.577. The zero-order valence-electron chi connectivity index (χ0n) is 20.9. The maximum atomic E-state index is 14.0. The number of aromatic nitrogens is 2. The lowest BCUT2D eigenvalue weighted by Crippen LogP contribution is -2.58. The van der Waals surface area contributed by atoms with E-state index in [0.717, 1.165) is 44.1 Å². The molecule has 194 valence electrons. The lowest BCUT2D eigenvalue weighted by Gasteiger charge is -2.56. The monoisotopic (exact) mass is 531 g/mol. The van der Waals surface area contributed by atoms with E-state index in [1.807, 2.05) is 0 Å². The molecular weight excluding hydrogens is 498 g/mol. The number of ether oxygens (including phenoxy) is 1. The molecule has 4 fully saturated rings. The van der Waals surface area contributed by atoms with E-state index in [1.54, 1.807) is 28.9 Å². The van der Waals surface area contributed by atoms with Crippen molar-refractivity contribution < 1.29 is 22.7 Å². The van der Waals surface area contributed by atoms with Gasteiger partial charge in [0.1, 0.15) is 5.03 Å². The van der Waals surface area contributed by atoms with Crippen molar-refractivity contribution in [3.05, 3.63) is 41.6 Å². The Kier molecular flexibility index (Phi) is 6.93. The van der Waals surface area contributed by atoms with Crippen molar-refractivity contribution in [1.29, 1.82) is 0 Å². The van der Waals surface area contributed by atoms with E-state index in [4.69, 9.17) is 4.74 Å². The minimum atomic E-state index is -3.78. The van der Waals surface area contributed by atoms with Crippen LogP contribution in [-0.4, -0.2) is 59.5 Å². The number of sulfonamides is 1. The van der Waals surface area contributed by atoms with Crippen LogP contribution in [0.1, 0.15) is 66.2 Å². The minimum absolute atomic E-state index is 0.243. The van der Waals surface area contributed by atoms with Crippen LogP contribution in [0.25, 0.3) is 5.69 Å². The second kappa shape index (κ2) is 9.85. The topological polar surface area (TPSA) is 98.6 Å². The molecule has 4 bridgehead atoms. The van der Waals surface area contributed by atoms with Gasteiger partial charge in [-0.25, -0.2) is 22.2 Å². The van der Waals surface area contributed by atoms with Gasteiger partial charge in [0.2, 0.25) is 10.0 Å². The summed E-state index contributed by atoms with van der Waals surface area (Å²) in [6, 6.07) is 6.52. The number of hydrogen-bond donors (Lipinski definition) is 0. The zero-order chi connectivity index (χ0) is 25.6. The number of benzene rings is 1. The Balaban J connectivity index is 1.52. The standard InChI is InChI=1S/C26H33N3O5S2/c1-4-9-35-25-22(15-27-28(25)21-7-5-18(6-8-21)26(31)34-2)24(30)29(36(3,32)33)23-19-11-16-10-17(13-19)14-20(23)12-16/h5-8,15-17,19-20,23H,4,9-14H2,1-3H3. The summed E-state index contributed by atoms with van der Waals surface area (Å²) < 4.78 is 33.9. The molecule has 0 atom stereocenters. The summed E-state index contributed by atoms with van der Waals surface area (Å²) in [5.74, 6) is 1.67. The first-order valence-corrected chi connectivity index (χ1v) is 15.5. The van der Waals surface area contributed by atoms with Crippen molar-refractivity contribution >= 4 is 33.7 Å². The first kappa shape index (κ1) is 25.3. The largest absolute Gasteiger partial charge is 0.465 e. The molecule has 0 saturated heterocycles. The third kappa shape index (κ3) is 4.58. The highest BCUT2D eigenvalue weighted by molar-refractivity contribution is 7.99. The number of carbonyl (C=O) groups is 2. The number of amides is 1. The van der Waals surface area contributed by atoms with Crippen LogP contribution in [0.5, 0.6) is 0 Å². The number of rotatable bonds is 8. The molecule has 1 aromatic carbocycles. The molecule has 10 heteroatoms. The normalized spacial score (nSPS) is 26.7. The Bertz CT molecular complexity index is 1230. The van der Waals surface area contributed by atoms with Crippen molar-refractivity contribution in [2.24, 2.45) is 23.7 Å². The van der Waals surface area contributed by atoms with Gasteiger partial charge in [-0.2, -0.15) is 5.10 Å². The molecule has 1 heterocycles. The van der Waals surface area contributed by atoms with Crippen LogP contribution in [0, 0.1) is 23.7 Å². The molecule has 2 aromatic rings. The van der Waals surface area contributed by atoms with Crippen LogP contribution in [0.4, 0.5) is 0 Å². The second-order valence-corrected chi connectivity index (χ2v) is 13.4. The SMILES string of the molecule is CCCSc1c(C(=O)N(C2C3CC4CC(C3)CC2C4)S(C)(=O)=O)cnn1-c1ccc(C(=O)OC)cc1. The average molecular weight is 532 g/mol. The average Bonchev–Trinajstić information content (AvgIpc) is 3.26. The predicted octanol–water partition coefficient (Wildman–Crippen LogP) is 4.39. The fourth-order valence-electron chi connectivity index (χ4n) is 6.77. The maximum Gasteiger partial charge on any atom is 0.337 e. The zero-order valence-corrected chi connectivity index (χ0v) is 22.6. The van der Waals surface area contributed by atoms with Crippen molar-refractivity contribution in [1.82, 2.24) is 14.1 Å². The lowest BCUT2D eigenvalue weighted by atomic mass is 9.54. The number of carbonyl (C=O) groups excluding carboxylic acids is 2. The molecule has 4 saturated carbocycles. The van der Waals surface area contributed by atoms with Gasteiger partial charge in [-0.05, 0) is 92.2 Å². The van der Waals surface area contributed by atoms with E-state index in [-0.39, 0.29) is 17.9 Å². The maximum absolute atomic E-state index is 14.0. The summed E-state index contributed by atoms with van der Waals surface area (Å²) in [6.45, 7) is 2.05. The molecular formula is C26H33N3O5S2. The molecule has 4 aliphatic rings. The Hall–Kier alpha value is -2.33. The van der Waals surface area contributed by atoms with Crippen molar-refractivity contribution in [3.8, 4) is 5.69 Å². The van der Waals surface area contributed by atoms with Crippen LogP contribution in [0.2, 0.25) is 0 Å². The number of methoxy groups -OCH3 is 1. The summed E-state index contributed by atoms with van der Waals surface area (Å²) in [4.78, 5) is 25.9. The summed E-state index contributed by atoms with van der Waals surface area (Å²) in [5.41, 5.74) is 1.41. The van der Waals surface area contributed by atoms with Gasteiger partial charge in [-0.1, -0.05) is 6.92 Å². The van der Waals surface area contributed by atoms with Crippen molar-refractivity contribution in [3.63, 3.8) is 0 Å². The van der Waals surface area contributed by atoms with E-state index < -0.39 is 21.9 Å². The van der Waals surface area contributed by atoms with Gasteiger partial charge in [-0.3, -0.25) is 4.79 Å². The Morgan fingerprint density at radius 1 is 1.08 bits per heavy atom. The number of nitrogens with zero attached hydrogens (tertiary/aromatic N) is 3. The molecule has 1 amide bonds. The number of esters is 1. The van der Waals surface area contributed by atoms with Crippen LogP contribution in [0.15, 0.2) is 35.5 Å². The van der Waals surface area contributed by atoms with Crippen LogP contribution >= 0.6 is 11.8 Å². The number of thioether (sulfide) groups is 1. The van der Waals surface area contributed by atoms with Crippen LogP contribution < -0.4 is 0 Å². The highest BCUT2D eigenvalue weighted by Gasteiger charge is 2.53. The fourth-order valence-corrected chi connectivity index (χ4v) is 8.92. The van der Waals surface area contributed by atoms with Gasteiger partial charge < -0.3 is 4.74 Å². The highest BCUT2D eigenvalue weighted by atomic mass is 32.2. The van der Waals surface area contributed by atoms with E-state index in [0.29, 0.717) is 33.7 Å². The first-order valence-electron chi connectivity index (χ1n) is 12.6. The summed E-state index contributed by atoms with van der Waals surface area (Å²) in [7, 11) is -2.45. The van der Waals surface area contributed by atoms with Gasteiger partial charge in [0.15, 0.2) is 0 Å². The third-order valence-electron chi connectivity index (χ3n) is 7.94. The smallest absolute Gasteiger partial charge is 0.337 e. The van der Waals surface area contributed by atoms with Gasteiger partial charge in [0, 0.05) is 0 Å². The Morgan fingerprint density at radius 2 is 1.69 bits per heavy atom. The third-order valence-corrected chi connectivity index (χ3v) is 10.3. The van der Waals surface area contributed by atoms with Gasteiger partial charge >= 0.3 is 5.97 Å². The quantitative estimate of drug-likeness (QED) is 0.368. The summed E-state index contributed by atoms with van der Waals surface area (Å²) >= 11 is 1.49. The summed E-state index contributed by atoms with van der Waals surface area (Å²) in [6.07, 6.45) is 8.84. The van der Waals surface area contributed by atoms with E-state index in [9.17, 15) is 18.0 Å². The molecule has 0 unspecified atom stereocenters. The van der Waals surface area contributed by atoms with Crippen LogP contribution in [0.3, 0.4) is 0 Å². The summed E-state index contributed by atoms with van der Waals surface area (Å²) in [5, 5.41) is 5.11. The molecule has 1 aromatic heterocycles. The van der Waals surface area contributed by atoms with Gasteiger partial charge in [0.25, 0.3) is 5.91 Å². The highest BCUT2D eigenvalue weighted by Crippen LogP contribution is 2.55. The lowest BCUT2D eigenvalue weighted by molar-refractivity contribution is -0.0351. The molecule has 4 aliphatic carbocycles. The second-order valence-electron chi connectivity index (χ2n) is 10.4. The molecule has 8 nitrogen and oxygen atoms in total. The number of hydrogen-bond acceptors (Lipinski definition) is 7. The molecule has 0 spiro atoms. The molecule has 0 radical (unpaired) electrons. The van der Waals surface area contributed by atoms with E-state index in [1.165, 1.54) is 35.8 Å². The van der Waals surface area contributed by atoms with Gasteiger partial charge in [0.05, 0.1) is 42.4 Å².